The highest BCUT2D eigenvalue weighted by atomic mass is 35.5. The lowest BCUT2D eigenvalue weighted by molar-refractivity contribution is -0.115. The van der Waals surface area contributed by atoms with Crippen molar-refractivity contribution in [3.63, 3.8) is 0 Å². The van der Waals surface area contributed by atoms with Crippen molar-refractivity contribution in [1.82, 2.24) is 0 Å². The molecule has 0 spiro atoms. The number of rotatable bonds is 4. The van der Waals surface area contributed by atoms with Gasteiger partial charge in [-0.15, -0.1) is 0 Å². The second-order valence-electron chi connectivity index (χ2n) is 4.85. The number of amides is 2. The topological polar surface area (TPSA) is 58.2 Å². The summed E-state index contributed by atoms with van der Waals surface area (Å²) >= 11 is 17.8. The van der Waals surface area contributed by atoms with Crippen LogP contribution in [0.2, 0.25) is 15.1 Å². The first-order chi connectivity index (χ1) is 10.8. The summed E-state index contributed by atoms with van der Waals surface area (Å²) in [4.78, 5) is 23.2. The number of carbonyl (C=O) groups excluding carboxylic acids is 2. The molecule has 0 aliphatic rings. The second kappa shape index (κ2) is 7.68. The summed E-state index contributed by atoms with van der Waals surface area (Å²) in [5.41, 5.74) is 1.70. The van der Waals surface area contributed by atoms with Crippen molar-refractivity contribution in [3.8, 4) is 0 Å². The van der Waals surface area contributed by atoms with Gasteiger partial charge in [-0.2, -0.15) is 0 Å². The van der Waals surface area contributed by atoms with Gasteiger partial charge in [0.25, 0.3) is 0 Å². The van der Waals surface area contributed by atoms with Crippen molar-refractivity contribution in [2.24, 2.45) is 0 Å². The van der Waals surface area contributed by atoms with Crippen molar-refractivity contribution in [1.29, 1.82) is 0 Å². The molecule has 2 aromatic carbocycles. The molecule has 0 heterocycles. The minimum atomic E-state index is -0.259. The smallest absolute Gasteiger partial charge is 0.228 e. The monoisotopic (exact) mass is 370 g/mol. The Labute approximate surface area is 148 Å². The van der Waals surface area contributed by atoms with E-state index in [0.29, 0.717) is 26.4 Å². The van der Waals surface area contributed by atoms with Crippen LogP contribution in [0.4, 0.5) is 11.4 Å². The average Bonchev–Trinajstić information content (AvgIpc) is 2.46. The summed E-state index contributed by atoms with van der Waals surface area (Å²) in [5.74, 6) is -0.467. The zero-order chi connectivity index (χ0) is 17.0. The van der Waals surface area contributed by atoms with E-state index >= 15 is 0 Å². The van der Waals surface area contributed by atoms with Crippen LogP contribution in [0.1, 0.15) is 12.5 Å². The SMILES string of the molecule is CC(=O)Nc1ccc(Cl)c(NC(=O)Cc2ccc(Cl)c(Cl)c2)c1. The van der Waals surface area contributed by atoms with Crippen LogP contribution in [-0.2, 0) is 16.0 Å². The number of nitrogens with one attached hydrogen (secondary N) is 2. The first-order valence-corrected chi connectivity index (χ1v) is 7.79. The van der Waals surface area contributed by atoms with Crippen LogP contribution in [0, 0.1) is 0 Å². The largest absolute Gasteiger partial charge is 0.326 e. The molecule has 4 nitrogen and oxygen atoms in total. The van der Waals surface area contributed by atoms with Crippen molar-refractivity contribution in [2.45, 2.75) is 13.3 Å². The standard InChI is InChI=1S/C16H13Cl3N2O2/c1-9(22)20-11-3-5-13(18)15(8-11)21-16(23)7-10-2-4-12(17)14(19)6-10/h2-6,8H,7H2,1H3,(H,20,22)(H,21,23). The van der Waals surface area contributed by atoms with Crippen molar-refractivity contribution < 1.29 is 9.59 Å². The third-order valence-electron chi connectivity index (χ3n) is 2.91. The third kappa shape index (κ3) is 5.13. The summed E-state index contributed by atoms with van der Waals surface area (Å²) in [6, 6.07) is 9.84. The van der Waals surface area contributed by atoms with E-state index in [1.807, 2.05) is 0 Å². The van der Waals surface area contributed by atoms with Crippen LogP contribution in [0.25, 0.3) is 0 Å². The second-order valence-corrected chi connectivity index (χ2v) is 6.07. The van der Waals surface area contributed by atoms with E-state index in [-0.39, 0.29) is 18.2 Å². The van der Waals surface area contributed by atoms with Gasteiger partial charge in [0, 0.05) is 12.6 Å². The fourth-order valence-electron chi connectivity index (χ4n) is 1.93. The fourth-order valence-corrected chi connectivity index (χ4v) is 2.42. The van der Waals surface area contributed by atoms with Crippen molar-refractivity contribution in [3.05, 3.63) is 57.0 Å². The lowest BCUT2D eigenvalue weighted by Gasteiger charge is -2.10. The quantitative estimate of drug-likeness (QED) is 0.812. The van der Waals surface area contributed by atoms with Crippen LogP contribution >= 0.6 is 34.8 Å². The van der Waals surface area contributed by atoms with Gasteiger partial charge in [0.1, 0.15) is 0 Å². The minimum Gasteiger partial charge on any atom is -0.326 e. The molecule has 23 heavy (non-hydrogen) atoms. The van der Waals surface area contributed by atoms with Gasteiger partial charge in [-0.05, 0) is 35.9 Å². The zero-order valence-corrected chi connectivity index (χ0v) is 14.4. The molecule has 0 saturated carbocycles. The van der Waals surface area contributed by atoms with E-state index in [2.05, 4.69) is 10.6 Å². The summed E-state index contributed by atoms with van der Waals surface area (Å²) in [7, 11) is 0. The highest BCUT2D eigenvalue weighted by Gasteiger charge is 2.09. The molecule has 2 rings (SSSR count). The highest BCUT2D eigenvalue weighted by Crippen LogP contribution is 2.26. The summed E-state index contributed by atoms with van der Waals surface area (Å²) in [6.45, 7) is 1.40. The number of carbonyl (C=O) groups is 2. The molecule has 0 saturated heterocycles. The summed E-state index contributed by atoms with van der Waals surface area (Å²) in [6.07, 6.45) is 0.123. The number of anilines is 2. The van der Waals surface area contributed by atoms with E-state index in [9.17, 15) is 9.59 Å². The fraction of sp³-hybridized carbons (Fsp3) is 0.125. The van der Waals surface area contributed by atoms with E-state index in [0.717, 1.165) is 5.56 Å². The number of hydrogen-bond acceptors (Lipinski definition) is 2. The van der Waals surface area contributed by atoms with Gasteiger partial charge in [-0.3, -0.25) is 9.59 Å². The molecule has 7 heteroatoms. The van der Waals surface area contributed by atoms with Gasteiger partial charge >= 0.3 is 0 Å². The predicted octanol–water partition coefficient (Wildman–Crippen LogP) is 4.79. The molecule has 120 valence electrons. The lowest BCUT2D eigenvalue weighted by Crippen LogP contribution is -2.15. The molecule has 0 atom stereocenters. The molecule has 0 bridgehead atoms. The summed E-state index contributed by atoms with van der Waals surface area (Å²) < 4.78 is 0. The first-order valence-electron chi connectivity index (χ1n) is 6.66. The Bertz CT molecular complexity index is 763. The Hall–Kier alpha value is -1.75. The first kappa shape index (κ1) is 17.6. The van der Waals surface area contributed by atoms with E-state index < -0.39 is 0 Å². The van der Waals surface area contributed by atoms with Crippen LogP contribution in [0.5, 0.6) is 0 Å². The molecule has 0 aromatic heterocycles. The molecule has 2 N–H and O–H groups in total. The highest BCUT2D eigenvalue weighted by molar-refractivity contribution is 6.42. The van der Waals surface area contributed by atoms with Crippen LogP contribution in [-0.4, -0.2) is 11.8 Å². The Kier molecular flexibility index (Phi) is 5.88. The van der Waals surface area contributed by atoms with Gasteiger partial charge < -0.3 is 10.6 Å². The Morgan fingerprint density at radius 1 is 0.913 bits per heavy atom. The van der Waals surface area contributed by atoms with Gasteiger partial charge in [-0.25, -0.2) is 0 Å². The summed E-state index contributed by atoms with van der Waals surface area (Å²) in [5, 5.41) is 6.54. The number of hydrogen-bond donors (Lipinski definition) is 2. The maximum absolute atomic E-state index is 12.1. The van der Waals surface area contributed by atoms with Gasteiger partial charge in [-0.1, -0.05) is 40.9 Å². The molecular weight excluding hydrogens is 359 g/mol. The average molecular weight is 372 g/mol. The molecule has 2 amide bonds. The van der Waals surface area contributed by atoms with Crippen LogP contribution < -0.4 is 10.6 Å². The minimum absolute atomic E-state index is 0.123. The zero-order valence-electron chi connectivity index (χ0n) is 12.1. The van der Waals surface area contributed by atoms with E-state index in [1.165, 1.54) is 6.92 Å². The molecular formula is C16H13Cl3N2O2. The molecule has 0 aliphatic carbocycles. The van der Waals surface area contributed by atoms with E-state index in [1.54, 1.807) is 36.4 Å². The molecule has 0 aliphatic heterocycles. The molecule has 0 unspecified atom stereocenters. The Morgan fingerprint density at radius 2 is 1.61 bits per heavy atom. The maximum atomic E-state index is 12.1. The molecule has 0 fully saturated rings. The Balaban J connectivity index is 2.10. The number of benzene rings is 2. The third-order valence-corrected chi connectivity index (χ3v) is 3.98. The number of halogens is 3. The maximum Gasteiger partial charge on any atom is 0.228 e. The van der Waals surface area contributed by atoms with Gasteiger partial charge in [0.15, 0.2) is 0 Å². The van der Waals surface area contributed by atoms with E-state index in [4.69, 9.17) is 34.8 Å². The predicted molar refractivity (Wildman–Crippen MR) is 94.6 cm³/mol. The molecule has 0 radical (unpaired) electrons. The van der Waals surface area contributed by atoms with Crippen LogP contribution in [0.3, 0.4) is 0 Å². The van der Waals surface area contributed by atoms with Crippen molar-refractivity contribution in [2.75, 3.05) is 10.6 Å². The van der Waals surface area contributed by atoms with Gasteiger partial charge in [0.05, 0.1) is 27.2 Å². The normalized spacial score (nSPS) is 10.3. The Morgan fingerprint density at radius 3 is 2.26 bits per heavy atom. The molecule has 2 aromatic rings. The van der Waals surface area contributed by atoms with Gasteiger partial charge in [0.2, 0.25) is 11.8 Å². The lowest BCUT2D eigenvalue weighted by atomic mass is 10.1. The van der Waals surface area contributed by atoms with Crippen molar-refractivity contribution >= 4 is 58.0 Å². The van der Waals surface area contributed by atoms with Crippen LogP contribution in [0.15, 0.2) is 36.4 Å².